The van der Waals surface area contributed by atoms with Crippen molar-refractivity contribution < 1.29 is 37.2 Å². The lowest BCUT2D eigenvalue weighted by Gasteiger charge is -2.13. The Balaban J connectivity index is 1.49. The SMILES string of the molecule is COC(=O)[C@@H](C(=O)C(=O)Nc1ccc(C(F)(F)F)cc1[N+](=O)[O-])c1csc(-n2nc(-c3ccccc3)cc2-c2ccccc2)n1. The number of nitro groups is 1. The van der Waals surface area contributed by atoms with Crippen LogP contribution in [0.25, 0.3) is 27.6 Å². The van der Waals surface area contributed by atoms with Gasteiger partial charge in [0, 0.05) is 22.6 Å². The maximum absolute atomic E-state index is 13.3. The minimum absolute atomic E-state index is 0.167. The van der Waals surface area contributed by atoms with Crippen molar-refractivity contribution in [1.82, 2.24) is 14.8 Å². The molecule has 2 aromatic heterocycles. The summed E-state index contributed by atoms with van der Waals surface area (Å²) in [4.78, 5) is 53.6. The van der Waals surface area contributed by atoms with Crippen molar-refractivity contribution in [3.8, 4) is 27.6 Å². The van der Waals surface area contributed by atoms with Crippen molar-refractivity contribution in [2.45, 2.75) is 12.1 Å². The number of hydrogen-bond donors (Lipinski definition) is 1. The van der Waals surface area contributed by atoms with Crippen molar-refractivity contribution >= 4 is 40.4 Å². The molecule has 3 aromatic carbocycles. The van der Waals surface area contributed by atoms with Gasteiger partial charge in [-0.2, -0.15) is 18.3 Å². The van der Waals surface area contributed by atoms with Crippen LogP contribution in [0.3, 0.4) is 0 Å². The number of ether oxygens (including phenoxy) is 1. The highest BCUT2D eigenvalue weighted by molar-refractivity contribution is 7.12. The van der Waals surface area contributed by atoms with Crippen LogP contribution >= 0.6 is 11.3 Å². The van der Waals surface area contributed by atoms with Gasteiger partial charge < -0.3 is 10.1 Å². The van der Waals surface area contributed by atoms with Gasteiger partial charge in [0.25, 0.3) is 11.6 Å². The van der Waals surface area contributed by atoms with Gasteiger partial charge in [-0.3, -0.25) is 24.5 Å². The Morgan fingerprint density at radius 1 is 0.978 bits per heavy atom. The number of alkyl halides is 3. The number of benzene rings is 3. The number of nitro benzene ring substituents is 1. The summed E-state index contributed by atoms with van der Waals surface area (Å²) in [6.45, 7) is 0. The van der Waals surface area contributed by atoms with Crippen LogP contribution < -0.4 is 5.32 Å². The minimum Gasteiger partial charge on any atom is -0.468 e. The van der Waals surface area contributed by atoms with Gasteiger partial charge in [-0.1, -0.05) is 60.7 Å². The normalized spacial score (nSPS) is 11.9. The summed E-state index contributed by atoms with van der Waals surface area (Å²) in [7, 11) is 0.988. The van der Waals surface area contributed by atoms with Gasteiger partial charge in [-0.25, -0.2) is 9.67 Å². The molecule has 15 heteroatoms. The van der Waals surface area contributed by atoms with E-state index in [0.29, 0.717) is 23.5 Å². The number of methoxy groups -OCH3 is 1. The lowest BCUT2D eigenvalue weighted by molar-refractivity contribution is -0.384. The van der Waals surface area contributed by atoms with Crippen molar-refractivity contribution in [1.29, 1.82) is 0 Å². The number of anilines is 1. The van der Waals surface area contributed by atoms with E-state index < -0.39 is 51.6 Å². The van der Waals surface area contributed by atoms with Gasteiger partial charge in [0.1, 0.15) is 5.69 Å². The van der Waals surface area contributed by atoms with Gasteiger partial charge in [0.2, 0.25) is 10.9 Å². The van der Waals surface area contributed by atoms with Crippen LogP contribution in [-0.2, 0) is 25.3 Å². The van der Waals surface area contributed by atoms with Gasteiger partial charge in [0.05, 0.1) is 34.7 Å². The maximum atomic E-state index is 13.3. The number of nitrogens with one attached hydrogen (secondary N) is 1. The second-order valence-corrected chi connectivity index (χ2v) is 10.2. The average Bonchev–Trinajstić information content (AvgIpc) is 3.69. The number of ketones is 1. The van der Waals surface area contributed by atoms with E-state index in [4.69, 9.17) is 9.84 Å². The third kappa shape index (κ3) is 6.47. The number of thiazole rings is 1. The van der Waals surface area contributed by atoms with Crippen LogP contribution in [0.1, 0.15) is 17.2 Å². The van der Waals surface area contributed by atoms with Gasteiger partial charge >= 0.3 is 12.1 Å². The van der Waals surface area contributed by atoms with E-state index in [2.05, 4.69) is 4.98 Å². The summed E-state index contributed by atoms with van der Waals surface area (Å²) in [6.07, 6.45) is -4.89. The molecule has 5 aromatic rings. The fraction of sp³-hybridized carbons (Fsp3) is 0.100. The molecule has 0 aliphatic heterocycles. The fourth-order valence-corrected chi connectivity index (χ4v) is 5.17. The zero-order valence-electron chi connectivity index (χ0n) is 23.0. The number of carbonyl (C=O) groups is 3. The Morgan fingerprint density at radius 3 is 2.22 bits per heavy atom. The van der Waals surface area contributed by atoms with Gasteiger partial charge in [0.15, 0.2) is 5.92 Å². The molecule has 1 atom stereocenters. The van der Waals surface area contributed by atoms with Crippen LogP contribution in [0, 0.1) is 10.1 Å². The van der Waals surface area contributed by atoms with Gasteiger partial charge in [-0.05, 0) is 18.2 Å². The molecular formula is C30H20F3N5O6S. The molecule has 0 aliphatic carbocycles. The van der Waals surface area contributed by atoms with E-state index in [1.165, 1.54) is 10.1 Å². The fourth-order valence-electron chi connectivity index (χ4n) is 4.36. The number of carbonyl (C=O) groups excluding carboxylic acids is 3. The molecule has 0 saturated carbocycles. The summed E-state index contributed by atoms with van der Waals surface area (Å²) in [6, 6.07) is 21.8. The highest BCUT2D eigenvalue weighted by Gasteiger charge is 2.38. The second kappa shape index (κ2) is 12.5. The summed E-state index contributed by atoms with van der Waals surface area (Å²) in [5.74, 6) is -5.94. The Hall–Kier alpha value is -5.70. The van der Waals surface area contributed by atoms with Crippen molar-refractivity contribution in [3.05, 3.63) is 112 Å². The second-order valence-electron chi connectivity index (χ2n) is 9.37. The number of Topliss-reactive ketones (excluding diaryl/α,β-unsaturated/α-hetero) is 1. The first-order valence-corrected chi connectivity index (χ1v) is 13.8. The largest absolute Gasteiger partial charge is 0.468 e. The van der Waals surface area contributed by atoms with E-state index in [-0.39, 0.29) is 16.9 Å². The number of nitrogens with zero attached hydrogens (tertiary/aromatic N) is 4. The van der Waals surface area contributed by atoms with Gasteiger partial charge in [-0.15, -0.1) is 11.3 Å². The van der Waals surface area contributed by atoms with Crippen molar-refractivity contribution in [2.24, 2.45) is 0 Å². The highest BCUT2D eigenvalue weighted by Crippen LogP contribution is 2.36. The number of amides is 1. The molecule has 0 radical (unpaired) electrons. The molecule has 5 rings (SSSR count). The number of hydrogen-bond acceptors (Lipinski definition) is 9. The third-order valence-electron chi connectivity index (χ3n) is 6.53. The molecule has 0 unspecified atom stereocenters. The monoisotopic (exact) mass is 635 g/mol. The summed E-state index contributed by atoms with van der Waals surface area (Å²) in [5, 5.41) is 19.7. The maximum Gasteiger partial charge on any atom is 0.416 e. The first-order chi connectivity index (χ1) is 21.5. The molecular weight excluding hydrogens is 615 g/mol. The predicted molar refractivity (Wildman–Crippen MR) is 157 cm³/mol. The zero-order valence-corrected chi connectivity index (χ0v) is 23.8. The Morgan fingerprint density at radius 2 is 1.62 bits per heavy atom. The third-order valence-corrected chi connectivity index (χ3v) is 7.36. The molecule has 11 nitrogen and oxygen atoms in total. The molecule has 45 heavy (non-hydrogen) atoms. The Bertz CT molecular complexity index is 1910. The summed E-state index contributed by atoms with van der Waals surface area (Å²) < 4.78 is 45.5. The zero-order chi connectivity index (χ0) is 32.3. The molecule has 0 spiro atoms. The number of aromatic nitrogens is 3. The van der Waals surface area contributed by atoms with E-state index >= 15 is 0 Å². The van der Waals surface area contributed by atoms with Crippen LogP contribution in [0.5, 0.6) is 0 Å². The first-order valence-electron chi connectivity index (χ1n) is 12.9. The van der Waals surface area contributed by atoms with E-state index in [9.17, 15) is 37.7 Å². The summed E-state index contributed by atoms with van der Waals surface area (Å²) >= 11 is 1.02. The molecule has 0 bridgehead atoms. The molecule has 0 aliphatic rings. The van der Waals surface area contributed by atoms with Crippen LogP contribution in [0.2, 0.25) is 0 Å². The molecule has 1 N–H and O–H groups in total. The Kier molecular flexibility index (Phi) is 8.54. The molecule has 0 saturated heterocycles. The molecule has 2 heterocycles. The number of halogens is 3. The van der Waals surface area contributed by atoms with Crippen LogP contribution in [-0.4, -0.2) is 44.5 Å². The first kappa shape index (κ1) is 30.7. The highest BCUT2D eigenvalue weighted by atomic mass is 32.1. The average molecular weight is 636 g/mol. The Labute approximate surface area is 256 Å². The quantitative estimate of drug-likeness (QED) is 0.0677. The van der Waals surface area contributed by atoms with Crippen molar-refractivity contribution in [2.75, 3.05) is 12.4 Å². The van der Waals surface area contributed by atoms with Crippen molar-refractivity contribution in [3.63, 3.8) is 0 Å². The molecule has 0 fully saturated rings. The van der Waals surface area contributed by atoms with E-state index in [1.807, 2.05) is 72.0 Å². The van der Waals surface area contributed by atoms with E-state index in [0.717, 1.165) is 29.6 Å². The number of rotatable bonds is 9. The lowest BCUT2D eigenvalue weighted by Crippen LogP contribution is -2.33. The number of esters is 1. The predicted octanol–water partition coefficient (Wildman–Crippen LogP) is 6.05. The lowest BCUT2D eigenvalue weighted by atomic mass is 10.0. The molecule has 228 valence electrons. The smallest absolute Gasteiger partial charge is 0.416 e. The van der Waals surface area contributed by atoms with Crippen LogP contribution in [0.4, 0.5) is 24.5 Å². The summed E-state index contributed by atoms with van der Waals surface area (Å²) in [5.41, 5.74) is -0.397. The topological polar surface area (TPSA) is 146 Å². The van der Waals surface area contributed by atoms with E-state index in [1.54, 1.807) is 0 Å². The van der Waals surface area contributed by atoms with Crippen LogP contribution in [0.15, 0.2) is 90.3 Å². The minimum atomic E-state index is -4.89. The molecule has 1 amide bonds. The standard InChI is InChI=1S/C30H20F3N5O6S/c1-44-28(41)25(26(39)27(40)34-20-13-12-19(30(31,32)33)14-24(20)38(42)43)22-16-45-29(35-22)37-23(18-10-6-3-7-11-18)15-21(36-37)17-8-4-2-5-9-17/h2-16,25H,1H3,(H,34,40)/t25-/m1/s1.